The highest BCUT2D eigenvalue weighted by atomic mass is 79.9. The van der Waals surface area contributed by atoms with E-state index in [0.29, 0.717) is 0 Å². The van der Waals surface area contributed by atoms with E-state index >= 15 is 0 Å². The summed E-state index contributed by atoms with van der Waals surface area (Å²) in [6.07, 6.45) is 0. The van der Waals surface area contributed by atoms with E-state index in [2.05, 4.69) is 27.3 Å². The third kappa shape index (κ3) is 44.0. The van der Waals surface area contributed by atoms with Gasteiger partial charge in [0.1, 0.15) is 0 Å². The topological polar surface area (TPSA) is 20.2 Å². The Hall–Kier alpha value is 1.02. The number of hydrogen-bond donors (Lipinski definition) is 1. The molecular weight excluding hydrogens is 178 g/mol. The molecule has 1 atom stereocenters. The molecule has 1 nitrogen and oxygen atoms in total. The fraction of sp³-hybridized carbons (Fsp3) is 0. The number of hydrogen-bond acceptors (Lipinski definition) is 1. The van der Waals surface area contributed by atoms with Crippen molar-refractivity contribution in [2.24, 2.45) is 0 Å². The first-order valence-electron chi connectivity index (χ1n) is 0.721. The summed E-state index contributed by atoms with van der Waals surface area (Å²) in [7, 11) is 0. The predicted octanol–water partition coefficient (Wildman–Crippen LogP) is 1.57. The van der Waals surface area contributed by atoms with Crippen LogP contribution in [0.4, 0.5) is 4.20 Å². The molecule has 0 aliphatic heterocycles. The van der Waals surface area contributed by atoms with Gasteiger partial charge in [-0.2, -0.15) is 4.20 Å². The summed E-state index contributed by atoms with van der Waals surface area (Å²) in [6, 6.07) is 0. The van der Waals surface area contributed by atoms with Crippen LogP contribution in [-0.2, 0) is 11.8 Å². The maximum Gasteiger partial charge on any atom is 0.293 e. The van der Waals surface area contributed by atoms with Crippen LogP contribution in [0.2, 0.25) is 0 Å². The monoisotopic (exact) mass is 178 g/mol. The van der Waals surface area contributed by atoms with Crippen LogP contribution in [0.15, 0.2) is 0 Å². The van der Waals surface area contributed by atoms with E-state index in [0.717, 1.165) is 0 Å². The second-order valence-electron chi connectivity index (χ2n) is 0.435. The van der Waals surface area contributed by atoms with Crippen molar-refractivity contribution < 1.29 is 9.09 Å². The molecule has 0 bridgehead atoms. The van der Waals surface area contributed by atoms with Gasteiger partial charge < -0.3 is 4.89 Å². The van der Waals surface area contributed by atoms with E-state index in [4.69, 9.17) is 4.89 Å². The highest BCUT2D eigenvalue weighted by molar-refractivity contribution is 9.42. The zero-order chi connectivity index (χ0) is 4.50. The van der Waals surface area contributed by atoms with E-state index in [1.54, 1.807) is 0 Å². The van der Waals surface area contributed by atoms with Gasteiger partial charge in [-0.25, -0.2) is 0 Å². The van der Waals surface area contributed by atoms with Gasteiger partial charge in [-0.15, -0.1) is 0 Å². The van der Waals surface area contributed by atoms with Gasteiger partial charge in [-0.05, 0) is 11.8 Å². The summed E-state index contributed by atoms with van der Waals surface area (Å²) in [5.74, 6) is 0. The molecule has 1 N–H and O–H groups in total. The molecule has 0 aromatic heterocycles. The number of rotatable bonds is 0. The Morgan fingerprint density at radius 1 is 2.00 bits per heavy atom. The van der Waals surface area contributed by atoms with Crippen LogP contribution in [-0.4, -0.2) is 4.89 Å². The molecule has 0 heterocycles. The zero-order valence-electron chi connectivity index (χ0n) is 2.06. The van der Waals surface area contributed by atoms with Crippen LogP contribution in [0.1, 0.15) is 0 Å². The Morgan fingerprint density at radius 2 is 2.00 bits per heavy atom. The lowest BCUT2D eigenvalue weighted by Gasteiger charge is -1.81. The second kappa shape index (κ2) is 1.65. The smallest absolute Gasteiger partial charge is 0.293 e. The van der Waals surface area contributed by atoms with Gasteiger partial charge >= 0.3 is 0 Å². The van der Waals surface area contributed by atoms with Crippen molar-refractivity contribution in [2.45, 2.75) is 0 Å². The normalized spacial score (nSPS) is 21.4. The Morgan fingerprint density at radius 3 is 2.00 bits per heavy atom. The maximum atomic E-state index is 11.1. The minimum atomic E-state index is -3.49. The summed E-state index contributed by atoms with van der Waals surface area (Å²) in [5, 5.41) is -3.49. The van der Waals surface area contributed by atoms with Crippen molar-refractivity contribution in [2.75, 3.05) is 0 Å². The van der Waals surface area contributed by atoms with Gasteiger partial charge in [0.05, 0.1) is 0 Å². The van der Waals surface area contributed by atoms with Crippen LogP contribution in [0.25, 0.3) is 0 Å². The van der Waals surface area contributed by atoms with Gasteiger partial charge in [0, 0.05) is 15.5 Å². The van der Waals surface area contributed by atoms with Gasteiger partial charge in [0.25, 0.3) is 5.28 Å². The molecule has 0 amide bonds. The molecule has 0 saturated heterocycles. The average Bonchev–Trinajstić information content (AvgIpc) is 0.722. The maximum absolute atomic E-state index is 11.1. The van der Waals surface area contributed by atoms with E-state index in [1.807, 2.05) is 0 Å². The van der Waals surface area contributed by atoms with E-state index in [1.165, 1.54) is 0 Å². The molecule has 0 fully saturated rings. The van der Waals surface area contributed by atoms with Crippen molar-refractivity contribution in [3.63, 3.8) is 0 Å². The minimum Gasteiger partial charge on any atom is -0.334 e. The Balaban J connectivity index is 3.47. The molecule has 0 aromatic rings. The fourth-order valence-corrected chi connectivity index (χ4v) is 0. The van der Waals surface area contributed by atoms with Crippen molar-refractivity contribution in [1.29, 1.82) is 0 Å². The first-order valence-corrected chi connectivity index (χ1v) is 5.39. The molecule has 0 radical (unpaired) electrons. The van der Waals surface area contributed by atoms with Crippen molar-refractivity contribution in [3.05, 3.63) is 0 Å². The summed E-state index contributed by atoms with van der Waals surface area (Å²) in [6.45, 7) is 0. The van der Waals surface area contributed by atoms with Gasteiger partial charge in [0.15, 0.2) is 0 Å². The molecule has 5 heavy (non-hydrogen) atoms. The quantitative estimate of drug-likeness (QED) is 0.569. The SMILES string of the molecule is OP(F)(=S)Br. The Labute approximate surface area is 42.1 Å². The first kappa shape index (κ1) is 6.02. The van der Waals surface area contributed by atoms with Gasteiger partial charge in [0.2, 0.25) is 0 Å². The molecule has 0 aliphatic rings. The van der Waals surface area contributed by atoms with Crippen LogP contribution < -0.4 is 0 Å². The highest BCUT2D eigenvalue weighted by Crippen LogP contribution is 2.50. The van der Waals surface area contributed by atoms with Crippen LogP contribution in [0, 0.1) is 0 Å². The second-order valence-corrected chi connectivity index (χ2v) is 6.98. The third-order valence-corrected chi connectivity index (χ3v) is 0. The largest absolute Gasteiger partial charge is 0.334 e. The van der Waals surface area contributed by atoms with Gasteiger partial charge in [-0.3, -0.25) is 0 Å². The Kier molecular flexibility index (Phi) is 1.98. The van der Waals surface area contributed by atoms with Crippen molar-refractivity contribution >= 4 is 32.6 Å². The molecule has 32 valence electrons. The lowest BCUT2D eigenvalue weighted by atomic mass is 15.9. The third-order valence-electron chi connectivity index (χ3n) is 0. The van der Waals surface area contributed by atoms with Crippen molar-refractivity contribution in [3.8, 4) is 0 Å². The molecular formula is HBrFOPS. The molecule has 0 spiro atoms. The standard InChI is InChI=1S/BrFHOPS/c1-4(2,3)5/h(H,3,5). The van der Waals surface area contributed by atoms with E-state index < -0.39 is 5.28 Å². The predicted molar refractivity (Wildman–Crippen MR) is 26.5 cm³/mol. The summed E-state index contributed by atoms with van der Waals surface area (Å²) >= 11 is 5.93. The number of halogens is 2. The molecule has 0 aliphatic carbocycles. The molecule has 0 aromatic carbocycles. The van der Waals surface area contributed by atoms with Crippen molar-refractivity contribution in [1.82, 2.24) is 0 Å². The molecule has 1 unspecified atom stereocenters. The summed E-state index contributed by atoms with van der Waals surface area (Å²) < 4.78 is 11.1. The average molecular weight is 179 g/mol. The first-order chi connectivity index (χ1) is 2.00. The van der Waals surface area contributed by atoms with E-state index in [-0.39, 0.29) is 0 Å². The summed E-state index contributed by atoms with van der Waals surface area (Å²) in [4.78, 5) is 7.70. The fourth-order valence-electron chi connectivity index (χ4n) is 0. The summed E-state index contributed by atoms with van der Waals surface area (Å²) in [5.41, 5.74) is 0. The van der Waals surface area contributed by atoms with Crippen LogP contribution in [0.3, 0.4) is 0 Å². The van der Waals surface area contributed by atoms with E-state index in [9.17, 15) is 4.20 Å². The van der Waals surface area contributed by atoms with Crippen LogP contribution >= 0.6 is 20.8 Å². The highest BCUT2D eigenvalue weighted by Gasteiger charge is 1.96. The molecule has 0 rings (SSSR count). The zero-order valence-corrected chi connectivity index (χ0v) is 5.36. The molecule has 0 saturated carbocycles. The van der Waals surface area contributed by atoms with Crippen LogP contribution in [0.5, 0.6) is 0 Å². The van der Waals surface area contributed by atoms with Gasteiger partial charge in [-0.1, -0.05) is 0 Å². The lowest BCUT2D eigenvalue weighted by Crippen LogP contribution is -1.40. The Bertz CT molecular complexity index is 57.8. The minimum absolute atomic E-state index is 2.19. The lowest BCUT2D eigenvalue weighted by molar-refractivity contribution is 0.588. The molecule has 5 heteroatoms.